The van der Waals surface area contributed by atoms with Gasteiger partial charge in [-0.05, 0) is 34.9 Å². The molecule has 0 aliphatic carbocycles. The van der Waals surface area contributed by atoms with E-state index in [9.17, 15) is 14.4 Å². The van der Waals surface area contributed by atoms with Crippen LogP contribution in [0.1, 0.15) is 19.4 Å². The predicted octanol–water partition coefficient (Wildman–Crippen LogP) is 2.71. The van der Waals surface area contributed by atoms with Crippen molar-refractivity contribution in [1.82, 2.24) is 10.2 Å². The maximum absolute atomic E-state index is 12.1. The first-order valence-electron chi connectivity index (χ1n) is 9.11. The molecule has 0 bridgehead atoms. The molecule has 2 rings (SSSR count). The molecule has 150 valence electrons. The van der Waals surface area contributed by atoms with Gasteiger partial charge >= 0.3 is 6.09 Å². The minimum Gasteiger partial charge on any atom is -0.497 e. The summed E-state index contributed by atoms with van der Waals surface area (Å²) in [5, 5.41) is 13.2. The molecule has 0 aliphatic heterocycles. The Bertz CT molecular complexity index is 852. The van der Waals surface area contributed by atoms with Crippen LogP contribution in [0, 0.1) is 5.92 Å². The molecule has 0 saturated carbocycles. The van der Waals surface area contributed by atoms with Gasteiger partial charge in [0.25, 0.3) is 0 Å². The van der Waals surface area contributed by atoms with Crippen LogP contribution in [0.25, 0.3) is 10.8 Å². The van der Waals surface area contributed by atoms with E-state index in [-0.39, 0.29) is 18.4 Å². The van der Waals surface area contributed by atoms with Gasteiger partial charge in [0, 0.05) is 25.9 Å². The van der Waals surface area contributed by atoms with E-state index in [0.29, 0.717) is 19.3 Å². The number of benzene rings is 2. The number of amides is 2. The molecule has 2 N–H and O–H groups in total. The number of methoxy groups -OCH3 is 1. The van der Waals surface area contributed by atoms with Gasteiger partial charge in [-0.2, -0.15) is 0 Å². The number of carbonyl (C=O) groups is 3. The zero-order chi connectivity index (χ0) is 20.7. The van der Waals surface area contributed by atoms with Crippen LogP contribution in [-0.4, -0.2) is 54.5 Å². The lowest BCUT2D eigenvalue weighted by atomic mass is 10.00. The van der Waals surface area contributed by atoms with Gasteiger partial charge in [0.1, 0.15) is 12.0 Å². The van der Waals surface area contributed by atoms with Crippen LogP contribution in [0.4, 0.5) is 4.79 Å². The number of fused-ring (bicyclic) bond motifs is 1. The van der Waals surface area contributed by atoms with Crippen molar-refractivity contribution in [3.63, 3.8) is 0 Å². The Morgan fingerprint density at radius 3 is 2.64 bits per heavy atom. The number of aldehydes is 1. The molecule has 0 aromatic heterocycles. The predicted molar refractivity (Wildman–Crippen MR) is 107 cm³/mol. The van der Waals surface area contributed by atoms with Gasteiger partial charge in [-0.15, -0.1) is 0 Å². The molecule has 0 spiro atoms. The topological polar surface area (TPSA) is 95.9 Å². The van der Waals surface area contributed by atoms with E-state index in [1.807, 2.05) is 36.4 Å². The Hall–Kier alpha value is -3.09. The Balaban J connectivity index is 2.13. The molecule has 2 aromatic carbocycles. The van der Waals surface area contributed by atoms with Gasteiger partial charge < -0.3 is 24.9 Å². The summed E-state index contributed by atoms with van der Waals surface area (Å²) < 4.78 is 5.31. The first-order chi connectivity index (χ1) is 13.3. The number of ether oxygens (including phenoxy) is 1. The highest BCUT2D eigenvalue weighted by molar-refractivity contribution is 5.87. The second-order valence-electron chi connectivity index (χ2n) is 6.81. The van der Waals surface area contributed by atoms with Crippen molar-refractivity contribution in [1.29, 1.82) is 0 Å². The summed E-state index contributed by atoms with van der Waals surface area (Å²) in [6.07, 6.45) is -0.0637. The van der Waals surface area contributed by atoms with Crippen LogP contribution in [0.3, 0.4) is 0 Å². The molecule has 2 amide bonds. The summed E-state index contributed by atoms with van der Waals surface area (Å²) in [7, 11) is 1.62. The molecule has 0 aliphatic rings. The third-order valence-electron chi connectivity index (χ3n) is 4.83. The van der Waals surface area contributed by atoms with Crippen molar-refractivity contribution >= 4 is 29.1 Å². The van der Waals surface area contributed by atoms with Crippen LogP contribution in [0.5, 0.6) is 5.75 Å². The highest BCUT2D eigenvalue weighted by atomic mass is 16.5. The molecular weight excluding hydrogens is 360 g/mol. The molecule has 0 heterocycles. The first-order valence-corrected chi connectivity index (χ1v) is 9.11. The van der Waals surface area contributed by atoms with Crippen LogP contribution in [0.2, 0.25) is 0 Å². The number of hydrogen-bond donors (Lipinski definition) is 2. The Kier molecular flexibility index (Phi) is 7.37. The second-order valence-corrected chi connectivity index (χ2v) is 6.81. The second kappa shape index (κ2) is 9.73. The average Bonchev–Trinajstić information content (AvgIpc) is 2.68. The molecule has 2 atom stereocenters. The van der Waals surface area contributed by atoms with Crippen molar-refractivity contribution in [3.8, 4) is 5.75 Å². The molecule has 0 saturated heterocycles. The number of carboxylic acid groups (broad SMARTS) is 1. The van der Waals surface area contributed by atoms with E-state index < -0.39 is 12.1 Å². The summed E-state index contributed by atoms with van der Waals surface area (Å²) in [6.45, 7) is 3.97. The van der Waals surface area contributed by atoms with Crippen LogP contribution in [-0.2, 0) is 16.0 Å². The summed E-state index contributed by atoms with van der Waals surface area (Å²) in [6, 6.07) is 11.0. The number of rotatable bonds is 9. The third kappa shape index (κ3) is 5.45. The van der Waals surface area contributed by atoms with Gasteiger partial charge in [-0.1, -0.05) is 31.2 Å². The highest BCUT2D eigenvalue weighted by Crippen LogP contribution is 2.24. The van der Waals surface area contributed by atoms with Gasteiger partial charge in [0.2, 0.25) is 5.91 Å². The fourth-order valence-corrected chi connectivity index (χ4v) is 3.21. The van der Waals surface area contributed by atoms with Crippen molar-refractivity contribution in [2.75, 3.05) is 20.2 Å². The summed E-state index contributed by atoms with van der Waals surface area (Å²) in [5.41, 5.74) is 1.09. The lowest BCUT2D eigenvalue weighted by molar-refractivity contribution is -0.129. The Morgan fingerprint density at radius 1 is 1.29 bits per heavy atom. The smallest absolute Gasteiger partial charge is 0.405 e. The molecule has 7 heteroatoms. The van der Waals surface area contributed by atoms with Crippen molar-refractivity contribution in [2.45, 2.75) is 26.3 Å². The van der Waals surface area contributed by atoms with E-state index in [0.717, 1.165) is 22.1 Å². The van der Waals surface area contributed by atoms with E-state index in [4.69, 9.17) is 9.84 Å². The molecule has 2 aromatic rings. The largest absolute Gasteiger partial charge is 0.497 e. The number of nitrogens with zero attached hydrogens (tertiary/aromatic N) is 1. The van der Waals surface area contributed by atoms with E-state index in [1.165, 1.54) is 6.92 Å². The van der Waals surface area contributed by atoms with Crippen molar-refractivity contribution in [3.05, 3.63) is 42.0 Å². The van der Waals surface area contributed by atoms with Gasteiger partial charge in [0.05, 0.1) is 13.2 Å². The van der Waals surface area contributed by atoms with Crippen molar-refractivity contribution < 1.29 is 24.2 Å². The molecule has 0 fully saturated rings. The van der Waals surface area contributed by atoms with Crippen LogP contribution in [0.15, 0.2) is 36.4 Å². The number of hydrogen-bond acceptors (Lipinski definition) is 4. The number of nitrogens with one attached hydrogen (secondary N) is 1. The SMILES string of the molecule is COc1ccc2cccc(CCN(CC(C)C(C=O)NC(=O)O)C(C)=O)c2c1. The summed E-state index contributed by atoms with van der Waals surface area (Å²) in [5.74, 6) is 0.306. The average molecular weight is 386 g/mol. The fraction of sp³-hybridized carbons (Fsp3) is 0.381. The van der Waals surface area contributed by atoms with Gasteiger partial charge in [-0.25, -0.2) is 4.79 Å². The van der Waals surface area contributed by atoms with Crippen LogP contribution < -0.4 is 10.1 Å². The highest BCUT2D eigenvalue weighted by Gasteiger charge is 2.22. The van der Waals surface area contributed by atoms with Gasteiger partial charge in [-0.3, -0.25) is 4.79 Å². The minimum atomic E-state index is -1.26. The minimum absolute atomic E-state index is 0.121. The monoisotopic (exact) mass is 386 g/mol. The van der Waals surface area contributed by atoms with E-state index in [2.05, 4.69) is 5.32 Å². The summed E-state index contributed by atoms with van der Waals surface area (Å²) >= 11 is 0. The molecular formula is C21H26N2O5. The first kappa shape index (κ1) is 21.2. The Morgan fingerprint density at radius 2 is 2.04 bits per heavy atom. The number of carbonyl (C=O) groups excluding carboxylic acids is 2. The molecule has 28 heavy (non-hydrogen) atoms. The summed E-state index contributed by atoms with van der Waals surface area (Å²) in [4.78, 5) is 35.7. The zero-order valence-electron chi connectivity index (χ0n) is 16.3. The molecule has 7 nitrogen and oxygen atoms in total. The normalized spacial score (nSPS) is 12.8. The quantitative estimate of drug-likeness (QED) is 0.646. The van der Waals surface area contributed by atoms with Crippen molar-refractivity contribution in [2.24, 2.45) is 5.92 Å². The van der Waals surface area contributed by atoms with E-state index in [1.54, 1.807) is 18.9 Å². The lowest BCUT2D eigenvalue weighted by Gasteiger charge is -2.27. The van der Waals surface area contributed by atoms with Gasteiger partial charge in [0.15, 0.2) is 0 Å². The lowest BCUT2D eigenvalue weighted by Crippen LogP contribution is -2.45. The zero-order valence-corrected chi connectivity index (χ0v) is 16.3. The molecule has 2 unspecified atom stereocenters. The fourth-order valence-electron chi connectivity index (χ4n) is 3.21. The maximum Gasteiger partial charge on any atom is 0.405 e. The van der Waals surface area contributed by atoms with Crippen LogP contribution >= 0.6 is 0 Å². The Labute approximate surface area is 164 Å². The standard InChI is InChI=1S/C21H26N2O5/c1-14(20(13-24)22-21(26)27)12-23(15(2)25)10-9-17-6-4-5-16-7-8-18(28-3)11-19(16)17/h4-8,11,13-14,20,22H,9-10,12H2,1-3H3,(H,26,27). The van der Waals surface area contributed by atoms with E-state index >= 15 is 0 Å². The maximum atomic E-state index is 12.1. The molecule has 0 radical (unpaired) electrons. The third-order valence-corrected chi connectivity index (χ3v) is 4.83.